The molecule has 3 aromatic rings. The van der Waals surface area contributed by atoms with Crippen LogP contribution >= 0.6 is 22.6 Å². The molecule has 170 valence electrons. The molecular weight excluding hydrogens is 533 g/mol. The van der Waals surface area contributed by atoms with E-state index in [0.717, 1.165) is 22.6 Å². The first-order valence-electron chi connectivity index (χ1n) is 10.1. The van der Waals surface area contributed by atoms with Gasteiger partial charge in [-0.25, -0.2) is 10.4 Å². The van der Waals surface area contributed by atoms with Gasteiger partial charge in [0, 0.05) is 44.6 Å². The predicted octanol–water partition coefficient (Wildman–Crippen LogP) is 3.95. The van der Waals surface area contributed by atoms with Crippen LogP contribution in [0.15, 0.2) is 41.5 Å². The van der Waals surface area contributed by atoms with Gasteiger partial charge in [-0.05, 0) is 79.8 Å². The van der Waals surface area contributed by atoms with Gasteiger partial charge in [-0.2, -0.15) is 10.4 Å². The third-order valence-corrected chi connectivity index (χ3v) is 5.61. The van der Waals surface area contributed by atoms with E-state index in [1.807, 2.05) is 19.9 Å². The summed E-state index contributed by atoms with van der Waals surface area (Å²) in [6.07, 6.45) is 1.60. The highest BCUT2D eigenvalue weighted by molar-refractivity contribution is 14.1. The van der Waals surface area contributed by atoms with E-state index < -0.39 is 5.91 Å². The minimum absolute atomic E-state index is 0.102. The average molecular weight is 557 g/mol. The van der Waals surface area contributed by atoms with Crippen LogP contribution in [0.2, 0.25) is 0 Å². The number of amides is 1. The van der Waals surface area contributed by atoms with Crippen LogP contribution in [0.3, 0.4) is 0 Å². The number of nitrogens with one attached hydrogen (secondary N) is 1. The summed E-state index contributed by atoms with van der Waals surface area (Å²) in [6, 6.07) is 14.1. The Balaban J connectivity index is 1.65. The summed E-state index contributed by atoms with van der Waals surface area (Å²) >= 11 is 2.28. The molecule has 8 nitrogen and oxygen atoms in total. The summed E-state index contributed by atoms with van der Waals surface area (Å²) in [4.78, 5) is 16.4. The molecule has 0 saturated carbocycles. The van der Waals surface area contributed by atoms with E-state index in [9.17, 15) is 10.1 Å². The maximum Gasteiger partial charge on any atom is 0.278 e. The molecule has 1 aromatic carbocycles. The summed E-state index contributed by atoms with van der Waals surface area (Å²) in [7, 11) is 1.54. The van der Waals surface area contributed by atoms with Gasteiger partial charge in [0.1, 0.15) is 11.6 Å². The normalized spacial score (nSPS) is 10.9. The van der Waals surface area contributed by atoms with Gasteiger partial charge < -0.3 is 14.0 Å². The SMILES string of the molecule is COCc1cc(C)nc(OCC(=O)N/N=C\c2cc(C)n(-c3ccc(I)cc3)c2C)c1C#N. The minimum Gasteiger partial charge on any atom is -0.467 e. The van der Waals surface area contributed by atoms with Crippen molar-refractivity contribution < 1.29 is 14.3 Å². The highest BCUT2D eigenvalue weighted by Gasteiger charge is 2.14. The van der Waals surface area contributed by atoms with Gasteiger partial charge in [-0.15, -0.1) is 0 Å². The van der Waals surface area contributed by atoms with Crippen molar-refractivity contribution in [3.05, 3.63) is 73.7 Å². The molecule has 9 heteroatoms. The van der Waals surface area contributed by atoms with Crippen LogP contribution in [0.1, 0.15) is 33.8 Å². The standard InChI is InChI=1S/C24H24IN5O3/c1-15-9-19(13-32-4)22(11-26)24(28-15)33-14-23(31)29-27-12-18-10-16(2)30(17(18)3)21-7-5-20(25)6-8-21/h5-10,12H,13-14H2,1-4H3,(H,29,31)/b27-12-. The molecule has 0 fully saturated rings. The van der Waals surface area contributed by atoms with Crippen LogP contribution in [-0.2, 0) is 16.1 Å². The summed E-state index contributed by atoms with van der Waals surface area (Å²) < 4.78 is 13.9. The van der Waals surface area contributed by atoms with Crippen molar-refractivity contribution >= 4 is 34.7 Å². The zero-order valence-electron chi connectivity index (χ0n) is 18.8. The molecule has 33 heavy (non-hydrogen) atoms. The van der Waals surface area contributed by atoms with Crippen molar-refractivity contribution in [3.63, 3.8) is 0 Å². The number of ether oxygens (including phenoxy) is 2. The number of halogens is 1. The number of carbonyl (C=O) groups is 1. The predicted molar refractivity (Wildman–Crippen MR) is 134 cm³/mol. The highest BCUT2D eigenvalue weighted by Crippen LogP contribution is 2.22. The lowest BCUT2D eigenvalue weighted by Gasteiger charge is -2.10. The van der Waals surface area contributed by atoms with Crippen LogP contribution in [-0.4, -0.2) is 35.4 Å². The van der Waals surface area contributed by atoms with Crippen molar-refractivity contribution in [1.29, 1.82) is 5.26 Å². The molecule has 2 aromatic heterocycles. The lowest BCUT2D eigenvalue weighted by Crippen LogP contribution is -2.25. The molecule has 1 N–H and O–H groups in total. The maximum absolute atomic E-state index is 12.2. The van der Waals surface area contributed by atoms with Crippen molar-refractivity contribution in [1.82, 2.24) is 15.0 Å². The number of aryl methyl sites for hydroxylation is 2. The second-order valence-electron chi connectivity index (χ2n) is 7.37. The van der Waals surface area contributed by atoms with Crippen molar-refractivity contribution in [2.75, 3.05) is 13.7 Å². The van der Waals surface area contributed by atoms with Crippen LogP contribution < -0.4 is 10.2 Å². The Morgan fingerprint density at radius 2 is 2.00 bits per heavy atom. The van der Waals surface area contributed by atoms with E-state index in [-0.39, 0.29) is 24.7 Å². The smallest absolute Gasteiger partial charge is 0.278 e. The van der Waals surface area contributed by atoms with Crippen LogP contribution in [0.25, 0.3) is 5.69 Å². The van der Waals surface area contributed by atoms with E-state index >= 15 is 0 Å². The largest absolute Gasteiger partial charge is 0.467 e. The summed E-state index contributed by atoms with van der Waals surface area (Å²) in [5.41, 5.74) is 8.06. The number of aromatic nitrogens is 2. The highest BCUT2D eigenvalue weighted by atomic mass is 127. The van der Waals surface area contributed by atoms with Crippen molar-refractivity contribution in [2.45, 2.75) is 27.4 Å². The fourth-order valence-corrected chi connectivity index (χ4v) is 3.81. The Morgan fingerprint density at radius 1 is 1.27 bits per heavy atom. The monoisotopic (exact) mass is 557 g/mol. The number of rotatable bonds is 8. The number of nitrogens with zero attached hydrogens (tertiary/aromatic N) is 4. The topological polar surface area (TPSA) is 102 Å². The quantitative estimate of drug-likeness (QED) is 0.257. The van der Waals surface area contributed by atoms with Crippen molar-refractivity contribution in [3.8, 4) is 17.6 Å². The van der Waals surface area contributed by atoms with E-state index in [1.165, 1.54) is 3.57 Å². The first kappa shape index (κ1) is 24.4. The van der Waals surface area contributed by atoms with Gasteiger partial charge in [-0.3, -0.25) is 4.79 Å². The minimum atomic E-state index is -0.460. The van der Waals surface area contributed by atoms with E-state index in [4.69, 9.17) is 9.47 Å². The number of hydrazone groups is 1. The zero-order chi connectivity index (χ0) is 24.0. The Bertz CT molecular complexity index is 1230. The molecule has 0 aliphatic rings. The molecule has 0 radical (unpaired) electrons. The fraction of sp³-hybridized carbons (Fsp3) is 0.250. The second-order valence-corrected chi connectivity index (χ2v) is 8.61. The first-order valence-corrected chi connectivity index (χ1v) is 11.2. The summed E-state index contributed by atoms with van der Waals surface area (Å²) in [5.74, 6) is -0.358. The van der Waals surface area contributed by atoms with Crippen LogP contribution in [0, 0.1) is 35.7 Å². The molecule has 3 rings (SSSR count). The van der Waals surface area contributed by atoms with Crippen molar-refractivity contribution in [2.24, 2.45) is 5.10 Å². The number of benzene rings is 1. The lowest BCUT2D eigenvalue weighted by atomic mass is 10.1. The van der Waals surface area contributed by atoms with Crippen LogP contribution in [0.5, 0.6) is 5.88 Å². The molecule has 0 unspecified atom stereocenters. The Hall–Kier alpha value is -3.23. The Kier molecular flexibility index (Phi) is 8.19. The molecule has 0 saturated heterocycles. The number of carbonyl (C=O) groups excluding carboxylic acids is 1. The van der Waals surface area contributed by atoms with Gasteiger partial charge in [0.2, 0.25) is 5.88 Å². The second kappa shape index (κ2) is 11.1. The zero-order valence-corrected chi connectivity index (χ0v) is 21.0. The summed E-state index contributed by atoms with van der Waals surface area (Å²) in [6.45, 7) is 5.73. The third-order valence-electron chi connectivity index (χ3n) is 4.90. The van der Waals surface area contributed by atoms with Crippen LogP contribution in [0.4, 0.5) is 0 Å². The number of hydrogen-bond acceptors (Lipinski definition) is 6. The van der Waals surface area contributed by atoms with E-state index in [2.05, 4.69) is 73.0 Å². The number of nitriles is 1. The molecule has 1 amide bonds. The molecule has 0 aliphatic heterocycles. The summed E-state index contributed by atoms with van der Waals surface area (Å²) in [5, 5.41) is 13.5. The van der Waals surface area contributed by atoms with E-state index in [1.54, 1.807) is 26.3 Å². The Labute approximate surface area is 206 Å². The third kappa shape index (κ3) is 5.97. The molecular formula is C24H24IN5O3. The maximum atomic E-state index is 12.2. The molecule has 0 aliphatic carbocycles. The average Bonchev–Trinajstić information content (AvgIpc) is 3.06. The molecule has 2 heterocycles. The first-order chi connectivity index (χ1) is 15.8. The molecule has 0 bridgehead atoms. The molecule has 0 atom stereocenters. The number of hydrogen-bond donors (Lipinski definition) is 1. The van der Waals surface area contributed by atoms with Gasteiger partial charge >= 0.3 is 0 Å². The number of pyridine rings is 1. The fourth-order valence-electron chi connectivity index (χ4n) is 3.45. The Morgan fingerprint density at radius 3 is 2.67 bits per heavy atom. The van der Waals surface area contributed by atoms with Gasteiger partial charge in [-0.1, -0.05) is 0 Å². The number of methoxy groups -OCH3 is 1. The molecule has 0 spiro atoms. The van der Waals surface area contributed by atoms with Gasteiger partial charge in [0.25, 0.3) is 5.91 Å². The van der Waals surface area contributed by atoms with Gasteiger partial charge in [0.15, 0.2) is 6.61 Å². The van der Waals surface area contributed by atoms with Gasteiger partial charge in [0.05, 0.1) is 12.8 Å². The lowest BCUT2D eigenvalue weighted by molar-refractivity contribution is -0.123. The van der Waals surface area contributed by atoms with E-state index in [0.29, 0.717) is 11.3 Å².